The van der Waals surface area contributed by atoms with Crippen LogP contribution in [0.1, 0.15) is 17.3 Å². The minimum Gasteiger partial charge on any atom is -0.380 e. The number of benzene rings is 2. The smallest absolute Gasteiger partial charge is 0.279 e. The molecule has 0 N–H and O–H groups in total. The summed E-state index contributed by atoms with van der Waals surface area (Å²) in [6.45, 7) is 4.50. The van der Waals surface area contributed by atoms with Crippen LogP contribution in [0.3, 0.4) is 0 Å². The SMILES string of the molecule is CCOCCn1c(=NC(=O)c2ccc(S(=O)(=O)N3CCOCC3)cc2)sc2cc(S(C)(=O)=O)ccc21. The lowest BCUT2D eigenvalue weighted by atomic mass is 10.2. The van der Waals surface area contributed by atoms with Crippen LogP contribution in [0, 0.1) is 0 Å². The number of thiazole rings is 1. The molecule has 0 aliphatic carbocycles. The second-order valence-corrected chi connectivity index (χ2v) is 13.1. The number of sulfone groups is 1. The molecule has 194 valence electrons. The molecule has 1 aromatic heterocycles. The third-order valence-corrected chi connectivity index (χ3v) is 9.72. The zero-order valence-corrected chi connectivity index (χ0v) is 22.4. The number of amides is 1. The number of rotatable bonds is 8. The summed E-state index contributed by atoms with van der Waals surface area (Å²) in [5.41, 5.74) is 0.979. The maximum atomic E-state index is 13.0. The zero-order valence-electron chi connectivity index (χ0n) is 19.9. The summed E-state index contributed by atoms with van der Waals surface area (Å²) in [5.74, 6) is -0.537. The van der Waals surface area contributed by atoms with Gasteiger partial charge in [0.1, 0.15) is 0 Å². The summed E-state index contributed by atoms with van der Waals surface area (Å²) >= 11 is 1.20. The maximum absolute atomic E-state index is 13.0. The molecule has 10 nitrogen and oxygen atoms in total. The van der Waals surface area contributed by atoms with Crippen molar-refractivity contribution in [3.63, 3.8) is 0 Å². The molecule has 13 heteroatoms. The van der Waals surface area contributed by atoms with Crippen LogP contribution in [0.5, 0.6) is 0 Å². The van der Waals surface area contributed by atoms with Crippen molar-refractivity contribution >= 4 is 47.3 Å². The zero-order chi connectivity index (χ0) is 25.9. The standard InChI is InChI=1S/C23H27N3O7S3/c1-3-32-15-12-26-20-9-8-19(35(2,28)29)16-21(20)34-23(26)24-22(27)17-4-6-18(7-5-17)36(30,31)25-10-13-33-14-11-25/h4-9,16H,3,10-15H2,1-2H3. The molecule has 1 aliphatic heterocycles. The first-order valence-corrected chi connectivity index (χ1v) is 15.4. The first-order chi connectivity index (χ1) is 17.1. The van der Waals surface area contributed by atoms with Gasteiger partial charge in [0, 0.05) is 38.1 Å². The number of hydrogen-bond donors (Lipinski definition) is 0. The Morgan fingerprint density at radius 3 is 2.36 bits per heavy atom. The van der Waals surface area contributed by atoms with Gasteiger partial charge in [-0.15, -0.1) is 0 Å². The Morgan fingerprint density at radius 1 is 1.06 bits per heavy atom. The number of morpholine rings is 1. The molecule has 3 aromatic rings. The molecule has 2 heterocycles. The monoisotopic (exact) mass is 553 g/mol. The summed E-state index contributed by atoms with van der Waals surface area (Å²) < 4.78 is 64.2. The molecule has 36 heavy (non-hydrogen) atoms. The van der Waals surface area contributed by atoms with E-state index in [2.05, 4.69) is 4.99 Å². The minimum atomic E-state index is -3.67. The van der Waals surface area contributed by atoms with Crippen molar-refractivity contribution in [1.29, 1.82) is 0 Å². The normalized spacial score (nSPS) is 16.0. The highest BCUT2D eigenvalue weighted by Gasteiger charge is 2.26. The van der Waals surface area contributed by atoms with Gasteiger partial charge in [0.05, 0.1) is 39.8 Å². The number of ether oxygens (including phenoxy) is 2. The Balaban J connectivity index is 1.67. The van der Waals surface area contributed by atoms with Crippen molar-refractivity contribution in [2.75, 3.05) is 45.8 Å². The first kappa shape index (κ1) is 26.6. The highest BCUT2D eigenvalue weighted by atomic mass is 32.2. The summed E-state index contributed by atoms with van der Waals surface area (Å²) in [7, 11) is -7.06. The van der Waals surface area contributed by atoms with Crippen LogP contribution in [0.15, 0.2) is 57.2 Å². The molecule has 0 unspecified atom stereocenters. The van der Waals surface area contributed by atoms with Gasteiger partial charge in [-0.05, 0) is 49.4 Å². The molecule has 1 aliphatic rings. The van der Waals surface area contributed by atoms with Crippen molar-refractivity contribution in [3.8, 4) is 0 Å². The van der Waals surface area contributed by atoms with Crippen LogP contribution in [-0.2, 0) is 35.9 Å². The van der Waals surface area contributed by atoms with E-state index in [0.717, 1.165) is 11.8 Å². The van der Waals surface area contributed by atoms with Crippen LogP contribution >= 0.6 is 11.3 Å². The van der Waals surface area contributed by atoms with E-state index in [-0.39, 0.29) is 28.4 Å². The fraction of sp³-hybridized carbons (Fsp3) is 0.391. The Labute approximate surface area is 213 Å². The van der Waals surface area contributed by atoms with Crippen LogP contribution in [0.25, 0.3) is 10.2 Å². The van der Waals surface area contributed by atoms with Gasteiger partial charge in [-0.2, -0.15) is 9.30 Å². The molecule has 0 spiro atoms. The molecule has 1 amide bonds. The van der Waals surface area contributed by atoms with Gasteiger partial charge in [0.2, 0.25) is 10.0 Å². The van der Waals surface area contributed by atoms with E-state index in [1.807, 2.05) is 11.5 Å². The molecule has 0 radical (unpaired) electrons. The summed E-state index contributed by atoms with van der Waals surface area (Å²) in [4.78, 5) is 17.9. The topological polar surface area (TPSA) is 124 Å². The fourth-order valence-electron chi connectivity index (χ4n) is 3.74. The lowest BCUT2D eigenvalue weighted by molar-refractivity contribution is 0.0730. The van der Waals surface area contributed by atoms with Crippen molar-refractivity contribution in [2.24, 2.45) is 4.99 Å². The van der Waals surface area contributed by atoms with Crippen LogP contribution < -0.4 is 4.80 Å². The van der Waals surface area contributed by atoms with E-state index >= 15 is 0 Å². The second kappa shape index (κ2) is 10.9. The van der Waals surface area contributed by atoms with Gasteiger partial charge in [0.25, 0.3) is 5.91 Å². The molecule has 0 saturated carbocycles. The van der Waals surface area contributed by atoms with E-state index in [4.69, 9.17) is 9.47 Å². The van der Waals surface area contributed by atoms with E-state index in [0.29, 0.717) is 42.5 Å². The third-order valence-electron chi connectivity index (χ3n) is 5.65. The van der Waals surface area contributed by atoms with Crippen molar-refractivity contribution in [2.45, 2.75) is 23.3 Å². The van der Waals surface area contributed by atoms with Gasteiger partial charge in [-0.1, -0.05) is 11.3 Å². The van der Waals surface area contributed by atoms with Crippen molar-refractivity contribution < 1.29 is 31.1 Å². The van der Waals surface area contributed by atoms with Gasteiger partial charge >= 0.3 is 0 Å². The molecule has 0 atom stereocenters. The first-order valence-electron chi connectivity index (χ1n) is 11.3. The lowest BCUT2D eigenvalue weighted by Gasteiger charge is -2.26. The number of aromatic nitrogens is 1. The predicted molar refractivity (Wildman–Crippen MR) is 135 cm³/mol. The Hall–Kier alpha value is -2.42. The van der Waals surface area contributed by atoms with Gasteiger partial charge in [-0.25, -0.2) is 16.8 Å². The average Bonchev–Trinajstić information content (AvgIpc) is 3.20. The molecular weight excluding hydrogens is 526 g/mol. The van der Waals surface area contributed by atoms with Crippen LogP contribution in [-0.4, -0.2) is 77.4 Å². The molecule has 1 saturated heterocycles. The van der Waals surface area contributed by atoms with E-state index in [1.165, 1.54) is 46.0 Å². The molecule has 2 aromatic carbocycles. The maximum Gasteiger partial charge on any atom is 0.279 e. The van der Waals surface area contributed by atoms with Crippen LogP contribution in [0.2, 0.25) is 0 Å². The van der Waals surface area contributed by atoms with Gasteiger partial charge in [0.15, 0.2) is 14.6 Å². The number of fused-ring (bicyclic) bond motifs is 1. The van der Waals surface area contributed by atoms with Crippen molar-refractivity contribution in [3.05, 3.63) is 52.8 Å². The van der Waals surface area contributed by atoms with Crippen molar-refractivity contribution in [1.82, 2.24) is 8.87 Å². The average molecular weight is 554 g/mol. The van der Waals surface area contributed by atoms with E-state index < -0.39 is 25.8 Å². The number of nitrogens with zero attached hydrogens (tertiary/aromatic N) is 3. The highest BCUT2D eigenvalue weighted by molar-refractivity contribution is 7.90. The lowest BCUT2D eigenvalue weighted by Crippen LogP contribution is -2.40. The third kappa shape index (κ3) is 5.76. The number of sulfonamides is 1. The van der Waals surface area contributed by atoms with Gasteiger partial charge < -0.3 is 14.0 Å². The largest absolute Gasteiger partial charge is 0.380 e. The Morgan fingerprint density at radius 2 is 1.72 bits per heavy atom. The number of carbonyl (C=O) groups is 1. The fourth-order valence-corrected chi connectivity index (χ4v) is 6.97. The number of carbonyl (C=O) groups excluding carboxylic acids is 1. The van der Waals surface area contributed by atoms with E-state index in [9.17, 15) is 21.6 Å². The van der Waals surface area contributed by atoms with Gasteiger partial charge in [-0.3, -0.25) is 4.79 Å². The second-order valence-electron chi connectivity index (χ2n) is 8.09. The molecular formula is C23H27N3O7S3. The Bertz CT molecular complexity index is 1530. The van der Waals surface area contributed by atoms with E-state index in [1.54, 1.807) is 12.1 Å². The summed E-state index contributed by atoms with van der Waals surface area (Å²) in [5, 5.41) is 0. The minimum absolute atomic E-state index is 0.0999. The Kier molecular flexibility index (Phi) is 8.07. The highest BCUT2D eigenvalue weighted by Crippen LogP contribution is 2.22. The predicted octanol–water partition coefficient (Wildman–Crippen LogP) is 1.90. The summed E-state index contributed by atoms with van der Waals surface area (Å²) in [6.07, 6.45) is 1.14. The quantitative estimate of drug-likeness (QED) is 0.390. The van der Waals surface area contributed by atoms with Crippen LogP contribution in [0.4, 0.5) is 0 Å². The molecule has 1 fully saturated rings. The molecule has 4 rings (SSSR count). The number of hydrogen-bond acceptors (Lipinski definition) is 8. The summed E-state index contributed by atoms with van der Waals surface area (Å²) in [6, 6.07) is 10.5. The molecule has 0 bridgehead atoms.